The van der Waals surface area contributed by atoms with E-state index in [-0.39, 0.29) is 0 Å². The number of benzene rings is 1. The summed E-state index contributed by atoms with van der Waals surface area (Å²) in [6, 6.07) is 2.40. The SMILES string of the molecule is C=Cc1c(C=C(C)C)c(C)cc2c1CCCC2C. The van der Waals surface area contributed by atoms with Crippen LogP contribution in [0.5, 0.6) is 0 Å². The lowest BCUT2D eigenvalue weighted by atomic mass is 9.78. The van der Waals surface area contributed by atoms with E-state index < -0.39 is 0 Å². The molecule has 0 aromatic heterocycles. The Balaban J connectivity index is 2.70. The van der Waals surface area contributed by atoms with Crippen molar-refractivity contribution < 1.29 is 0 Å². The monoisotopic (exact) mass is 240 g/mol. The first-order valence-electron chi connectivity index (χ1n) is 6.98. The lowest BCUT2D eigenvalue weighted by Crippen LogP contribution is -2.10. The van der Waals surface area contributed by atoms with Crippen molar-refractivity contribution in [1.29, 1.82) is 0 Å². The Morgan fingerprint density at radius 3 is 2.67 bits per heavy atom. The molecule has 2 rings (SSSR count). The summed E-state index contributed by atoms with van der Waals surface area (Å²) in [4.78, 5) is 0. The van der Waals surface area contributed by atoms with Crippen molar-refractivity contribution in [2.24, 2.45) is 0 Å². The summed E-state index contributed by atoms with van der Waals surface area (Å²) in [5, 5.41) is 0. The number of hydrogen-bond acceptors (Lipinski definition) is 0. The van der Waals surface area contributed by atoms with Gasteiger partial charge in [0.05, 0.1) is 0 Å². The molecule has 0 bridgehead atoms. The molecule has 1 aliphatic rings. The fourth-order valence-electron chi connectivity index (χ4n) is 3.10. The zero-order valence-corrected chi connectivity index (χ0v) is 12.1. The molecule has 0 nitrogen and oxygen atoms in total. The van der Waals surface area contributed by atoms with E-state index in [1.165, 1.54) is 41.5 Å². The molecule has 0 heteroatoms. The van der Waals surface area contributed by atoms with Crippen LogP contribution in [-0.4, -0.2) is 0 Å². The van der Waals surface area contributed by atoms with E-state index in [1.54, 1.807) is 11.1 Å². The highest BCUT2D eigenvalue weighted by Crippen LogP contribution is 2.37. The second-order valence-corrected chi connectivity index (χ2v) is 5.81. The van der Waals surface area contributed by atoms with Crippen LogP contribution in [0, 0.1) is 6.92 Å². The summed E-state index contributed by atoms with van der Waals surface area (Å²) in [6.07, 6.45) is 8.20. The van der Waals surface area contributed by atoms with E-state index in [2.05, 4.69) is 52.5 Å². The molecule has 0 radical (unpaired) electrons. The Labute approximate surface area is 111 Å². The van der Waals surface area contributed by atoms with Gasteiger partial charge >= 0.3 is 0 Å². The van der Waals surface area contributed by atoms with E-state index in [0.29, 0.717) is 5.92 Å². The summed E-state index contributed by atoms with van der Waals surface area (Å²) in [5.41, 5.74) is 8.58. The number of fused-ring (bicyclic) bond motifs is 1. The molecule has 1 unspecified atom stereocenters. The molecule has 1 atom stereocenters. The molecule has 0 N–H and O–H groups in total. The maximum Gasteiger partial charge on any atom is -0.0152 e. The van der Waals surface area contributed by atoms with Gasteiger partial charge < -0.3 is 0 Å². The molecular weight excluding hydrogens is 216 g/mol. The van der Waals surface area contributed by atoms with Crippen molar-refractivity contribution in [2.75, 3.05) is 0 Å². The smallest absolute Gasteiger partial charge is 0.0152 e. The van der Waals surface area contributed by atoms with E-state index in [4.69, 9.17) is 0 Å². The number of rotatable bonds is 2. The van der Waals surface area contributed by atoms with E-state index in [1.807, 2.05) is 0 Å². The van der Waals surface area contributed by atoms with Crippen LogP contribution in [0.3, 0.4) is 0 Å². The number of allylic oxidation sites excluding steroid dienone is 1. The third-order valence-corrected chi connectivity index (χ3v) is 3.99. The molecule has 1 aliphatic carbocycles. The van der Waals surface area contributed by atoms with Crippen LogP contribution in [0.1, 0.15) is 67.3 Å². The molecule has 18 heavy (non-hydrogen) atoms. The van der Waals surface area contributed by atoms with Crippen LogP contribution in [0.25, 0.3) is 12.2 Å². The zero-order chi connectivity index (χ0) is 13.3. The molecule has 0 saturated carbocycles. The van der Waals surface area contributed by atoms with Crippen molar-refractivity contribution in [2.45, 2.75) is 52.9 Å². The summed E-state index contributed by atoms with van der Waals surface area (Å²) in [6.45, 7) is 12.9. The molecule has 1 aromatic rings. The highest BCUT2D eigenvalue weighted by atomic mass is 14.2. The standard InChI is InChI=1S/C18H24/c1-6-15-16-9-7-8-13(4)18(16)11-14(5)17(15)10-12(2)3/h6,10-11,13H,1,7-9H2,2-5H3. The molecule has 0 heterocycles. The Morgan fingerprint density at radius 2 is 2.06 bits per heavy atom. The lowest BCUT2D eigenvalue weighted by molar-refractivity contribution is 0.589. The van der Waals surface area contributed by atoms with E-state index in [9.17, 15) is 0 Å². The van der Waals surface area contributed by atoms with Gasteiger partial charge in [0.1, 0.15) is 0 Å². The van der Waals surface area contributed by atoms with E-state index >= 15 is 0 Å². The summed E-state index contributed by atoms with van der Waals surface area (Å²) < 4.78 is 0. The van der Waals surface area contributed by atoms with Crippen LogP contribution < -0.4 is 0 Å². The van der Waals surface area contributed by atoms with Gasteiger partial charge in [-0.2, -0.15) is 0 Å². The Morgan fingerprint density at radius 1 is 1.33 bits per heavy atom. The maximum absolute atomic E-state index is 4.04. The number of hydrogen-bond donors (Lipinski definition) is 0. The first-order chi connectivity index (χ1) is 8.54. The zero-order valence-electron chi connectivity index (χ0n) is 12.1. The molecule has 0 amide bonds. The predicted octanol–water partition coefficient (Wildman–Crippen LogP) is 5.50. The van der Waals surface area contributed by atoms with Crippen molar-refractivity contribution in [3.05, 3.63) is 46.0 Å². The Hall–Kier alpha value is -1.30. The van der Waals surface area contributed by atoms with Crippen molar-refractivity contribution >= 4 is 12.2 Å². The maximum atomic E-state index is 4.04. The van der Waals surface area contributed by atoms with Gasteiger partial charge in [-0.3, -0.25) is 0 Å². The average Bonchev–Trinajstić information content (AvgIpc) is 2.31. The highest BCUT2D eigenvalue weighted by Gasteiger charge is 2.20. The average molecular weight is 240 g/mol. The van der Waals surface area contributed by atoms with Gasteiger partial charge in [0.2, 0.25) is 0 Å². The molecule has 0 saturated heterocycles. The van der Waals surface area contributed by atoms with E-state index in [0.717, 1.165) is 0 Å². The fraction of sp³-hybridized carbons (Fsp3) is 0.444. The third kappa shape index (κ3) is 2.29. The topological polar surface area (TPSA) is 0 Å². The first kappa shape index (κ1) is 13.1. The largest absolute Gasteiger partial charge is 0.0984 e. The fourth-order valence-corrected chi connectivity index (χ4v) is 3.10. The molecule has 0 aliphatic heterocycles. The van der Waals surface area contributed by atoms with Crippen molar-refractivity contribution in [3.8, 4) is 0 Å². The van der Waals surface area contributed by atoms with Crippen molar-refractivity contribution in [3.63, 3.8) is 0 Å². The van der Waals surface area contributed by atoms with Crippen LogP contribution in [0.2, 0.25) is 0 Å². The number of aryl methyl sites for hydroxylation is 1. The van der Waals surface area contributed by atoms with Gasteiger partial charge in [-0.05, 0) is 73.8 Å². The van der Waals surface area contributed by atoms with Gasteiger partial charge in [-0.1, -0.05) is 37.3 Å². The first-order valence-corrected chi connectivity index (χ1v) is 6.98. The Kier molecular flexibility index (Phi) is 3.75. The normalized spacial score (nSPS) is 18.1. The van der Waals surface area contributed by atoms with Crippen LogP contribution in [0.4, 0.5) is 0 Å². The van der Waals surface area contributed by atoms with Gasteiger partial charge in [-0.15, -0.1) is 0 Å². The highest BCUT2D eigenvalue weighted by molar-refractivity contribution is 5.72. The van der Waals surface area contributed by atoms with Crippen LogP contribution in [-0.2, 0) is 6.42 Å². The van der Waals surface area contributed by atoms with Gasteiger partial charge in [-0.25, -0.2) is 0 Å². The molecule has 0 spiro atoms. The minimum Gasteiger partial charge on any atom is -0.0984 e. The predicted molar refractivity (Wildman–Crippen MR) is 81.9 cm³/mol. The summed E-state index contributed by atoms with van der Waals surface area (Å²) in [7, 11) is 0. The second kappa shape index (κ2) is 5.14. The molecule has 1 aromatic carbocycles. The van der Waals surface area contributed by atoms with Gasteiger partial charge in [0, 0.05) is 0 Å². The minimum absolute atomic E-state index is 0.701. The summed E-state index contributed by atoms with van der Waals surface area (Å²) in [5.74, 6) is 0.701. The quantitative estimate of drug-likeness (QED) is 0.640. The lowest BCUT2D eigenvalue weighted by Gasteiger charge is -2.26. The minimum atomic E-state index is 0.701. The van der Waals surface area contributed by atoms with Gasteiger partial charge in [0.25, 0.3) is 0 Å². The molecule has 96 valence electrons. The Bertz CT molecular complexity index is 499. The third-order valence-electron chi connectivity index (χ3n) is 3.99. The van der Waals surface area contributed by atoms with Gasteiger partial charge in [0.15, 0.2) is 0 Å². The summed E-state index contributed by atoms with van der Waals surface area (Å²) >= 11 is 0. The van der Waals surface area contributed by atoms with Crippen LogP contribution in [0.15, 0.2) is 18.2 Å². The second-order valence-electron chi connectivity index (χ2n) is 5.81. The van der Waals surface area contributed by atoms with Crippen LogP contribution >= 0.6 is 0 Å². The van der Waals surface area contributed by atoms with Crippen molar-refractivity contribution in [1.82, 2.24) is 0 Å². The molecule has 0 fully saturated rings. The molecular formula is C18H24.